The summed E-state index contributed by atoms with van der Waals surface area (Å²) in [6, 6.07) is 3.00. The lowest BCUT2D eigenvalue weighted by molar-refractivity contribution is -0.142. The lowest BCUT2D eigenvalue weighted by atomic mass is 9.95. The summed E-state index contributed by atoms with van der Waals surface area (Å²) in [4.78, 5) is 25.9. The molecule has 2 N–H and O–H groups in total. The Hall–Kier alpha value is -1.91. The van der Waals surface area contributed by atoms with Gasteiger partial charge in [0.15, 0.2) is 0 Å². The fourth-order valence-electron chi connectivity index (χ4n) is 1.77. The average Bonchev–Trinajstić information content (AvgIpc) is 2.62. The predicted molar refractivity (Wildman–Crippen MR) is 50.9 cm³/mol. The normalized spacial score (nSPS) is 24.9. The van der Waals surface area contributed by atoms with Gasteiger partial charge in [-0.3, -0.25) is 14.6 Å². The molecular weight excluding hydrogens is 196 g/mol. The Balaban J connectivity index is 2.28. The Labute approximate surface area is 86.1 Å². The second-order valence-corrected chi connectivity index (χ2v) is 3.47. The van der Waals surface area contributed by atoms with Crippen LogP contribution in [0.5, 0.6) is 0 Å². The highest BCUT2D eigenvalue weighted by Gasteiger charge is 2.38. The molecular formula is C10H10N2O3. The molecule has 0 saturated carbocycles. The molecule has 1 aromatic rings. The SMILES string of the molecule is O=C1CC(C(=O)O)C(c2ccncc2)N1. The molecule has 0 spiro atoms. The van der Waals surface area contributed by atoms with Gasteiger partial charge in [-0.25, -0.2) is 0 Å². The Kier molecular flexibility index (Phi) is 2.37. The molecule has 1 amide bonds. The minimum atomic E-state index is -0.949. The van der Waals surface area contributed by atoms with Crippen molar-refractivity contribution in [2.75, 3.05) is 0 Å². The molecule has 1 aliphatic rings. The zero-order valence-corrected chi connectivity index (χ0v) is 7.88. The summed E-state index contributed by atoms with van der Waals surface area (Å²) in [7, 11) is 0. The van der Waals surface area contributed by atoms with Gasteiger partial charge in [-0.15, -0.1) is 0 Å². The van der Waals surface area contributed by atoms with E-state index < -0.39 is 17.9 Å². The van der Waals surface area contributed by atoms with Gasteiger partial charge in [0.1, 0.15) is 0 Å². The minimum absolute atomic E-state index is 0.0440. The zero-order chi connectivity index (χ0) is 10.8. The Morgan fingerprint density at radius 2 is 2.13 bits per heavy atom. The second-order valence-electron chi connectivity index (χ2n) is 3.47. The first-order chi connectivity index (χ1) is 7.18. The minimum Gasteiger partial charge on any atom is -0.481 e. The van der Waals surface area contributed by atoms with E-state index in [1.54, 1.807) is 24.5 Å². The maximum atomic E-state index is 11.2. The number of aromatic nitrogens is 1. The van der Waals surface area contributed by atoms with Crippen LogP contribution < -0.4 is 5.32 Å². The van der Waals surface area contributed by atoms with Gasteiger partial charge < -0.3 is 10.4 Å². The lowest BCUT2D eigenvalue weighted by Gasteiger charge is -2.14. The number of nitrogens with one attached hydrogen (secondary N) is 1. The summed E-state index contributed by atoms with van der Waals surface area (Å²) in [5.74, 6) is -1.85. The van der Waals surface area contributed by atoms with Gasteiger partial charge >= 0.3 is 5.97 Å². The molecule has 0 aromatic carbocycles. The van der Waals surface area contributed by atoms with Crippen LogP contribution in [0.1, 0.15) is 18.0 Å². The Bertz CT molecular complexity index is 391. The summed E-state index contributed by atoms with van der Waals surface area (Å²) in [5.41, 5.74) is 0.781. The molecule has 15 heavy (non-hydrogen) atoms. The molecule has 1 saturated heterocycles. The van der Waals surface area contributed by atoms with Crippen molar-refractivity contribution in [1.82, 2.24) is 10.3 Å². The van der Waals surface area contributed by atoms with E-state index in [0.29, 0.717) is 0 Å². The van der Waals surface area contributed by atoms with Crippen LogP contribution in [0.2, 0.25) is 0 Å². The van der Waals surface area contributed by atoms with Gasteiger partial charge in [-0.1, -0.05) is 0 Å². The van der Waals surface area contributed by atoms with E-state index in [1.807, 2.05) is 0 Å². The van der Waals surface area contributed by atoms with Crippen molar-refractivity contribution in [3.63, 3.8) is 0 Å². The zero-order valence-electron chi connectivity index (χ0n) is 7.88. The van der Waals surface area contributed by atoms with E-state index >= 15 is 0 Å². The third kappa shape index (κ3) is 1.81. The molecule has 1 fully saturated rings. The van der Waals surface area contributed by atoms with Crippen molar-refractivity contribution >= 4 is 11.9 Å². The van der Waals surface area contributed by atoms with E-state index in [4.69, 9.17) is 5.11 Å². The van der Waals surface area contributed by atoms with Crippen LogP contribution in [0.25, 0.3) is 0 Å². The summed E-state index contributed by atoms with van der Waals surface area (Å²) in [5, 5.41) is 11.6. The van der Waals surface area contributed by atoms with Gasteiger partial charge in [0, 0.05) is 18.8 Å². The summed E-state index contributed by atoms with van der Waals surface area (Å²) in [6.07, 6.45) is 3.21. The smallest absolute Gasteiger partial charge is 0.309 e. The first-order valence-corrected chi connectivity index (χ1v) is 4.60. The standard InChI is InChI=1S/C10H10N2O3/c13-8-5-7(10(14)15)9(12-8)6-1-3-11-4-2-6/h1-4,7,9H,5H2,(H,12,13)(H,14,15). The first-order valence-electron chi connectivity index (χ1n) is 4.60. The largest absolute Gasteiger partial charge is 0.481 e. The highest BCUT2D eigenvalue weighted by Crippen LogP contribution is 2.29. The molecule has 2 atom stereocenters. The number of pyridine rings is 1. The number of amides is 1. The van der Waals surface area contributed by atoms with E-state index in [9.17, 15) is 9.59 Å². The van der Waals surface area contributed by atoms with Crippen LogP contribution in [0.15, 0.2) is 24.5 Å². The van der Waals surface area contributed by atoms with E-state index in [-0.39, 0.29) is 12.3 Å². The highest BCUT2D eigenvalue weighted by atomic mass is 16.4. The molecule has 2 rings (SSSR count). The van der Waals surface area contributed by atoms with Crippen LogP contribution in [-0.4, -0.2) is 22.0 Å². The molecule has 2 heterocycles. The number of aliphatic carboxylic acids is 1. The van der Waals surface area contributed by atoms with E-state index in [0.717, 1.165) is 5.56 Å². The number of rotatable bonds is 2. The summed E-state index contributed by atoms with van der Waals surface area (Å²) >= 11 is 0. The van der Waals surface area contributed by atoms with Crippen molar-refractivity contribution < 1.29 is 14.7 Å². The van der Waals surface area contributed by atoms with Crippen LogP contribution in [-0.2, 0) is 9.59 Å². The summed E-state index contributed by atoms with van der Waals surface area (Å²) in [6.45, 7) is 0. The number of hydrogen-bond donors (Lipinski definition) is 2. The van der Waals surface area contributed by atoms with Crippen molar-refractivity contribution in [3.8, 4) is 0 Å². The monoisotopic (exact) mass is 206 g/mol. The lowest BCUT2D eigenvalue weighted by Crippen LogP contribution is -2.24. The van der Waals surface area contributed by atoms with Crippen LogP contribution in [0, 0.1) is 5.92 Å². The van der Waals surface area contributed by atoms with Crippen LogP contribution in [0.3, 0.4) is 0 Å². The second kappa shape index (κ2) is 3.68. The molecule has 5 heteroatoms. The van der Waals surface area contributed by atoms with Crippen molar-refractivity contribution in [2.24, 2.45) is 5.92 Å². The Morgan fingerprint density at radius 3 is 2.73 bits per heavy atom. The van der Waals surface area contributed by atoms with E-state index in [1.165, 1.54) is 0 Å². The number of carboxylic acids is 1. The van der Waals surface area contributed by atoms with Gasteiger partial charge in [-0.05, 0) is 17.7 Å². The fraction of sp³-hybridized carbons (Fsp3) is 0.300. The van der Waals surface area contributed by atoms with Crippen molar-refractivity contribution in [1.29, 1.82) is 0 Å². The molecule has 0 bridgehead atoms. The molecule has 2 unspecified atom stereocenters. The van der Waals surface area contributed by atoms with Gasteiger partial charge in [-0.2, -0.15) is 0 Å². The predicted octanol–water partition coefficient (Wildman–Crippen LogP) is 0.343. The summed E-state index contributed by atoms with van der Waals surface area (Å²) < 4.78 is 0. The van der Waals surface area contributed by atoms with Crippen LogP contribution in [0.4, 0.5) is 0 Å². The maximum Gasteiger partial charge on any atom is 0.309 e. The number of carbonyl (C=O) groups is 2. The first kappa shape index (κ1) is 9.64. The number of nitrogens with zero attached hydrogens (tertiary/aromatic N) is 1. The fourth-order valence-corrected chi connectivity index (χ4v) is 1.77. The molecule has 78 valence electrons. The Morgan fingerprint density at radius 1 is 1.47 bits per heavy atom. The maximum absolute atomic E-state index is 11.2. The van der Waals surface area contributed by atoms with Crippen LogP contribution >= 0.6 is 0 Å². The third-order valence-corrected chi connectivity index (χ3v) is 2.51. The average molecular weight is 206 g/mol. The van der Waals surface area contributed by atoms with Crippen molar-refractivity contribution in [2.45, 2.75) is 12.5 Å². The molecule has 1 aromatic heterocycles. The number of hydrogen-bond acceptors (Lipinski definition) is 3. The quantitative estimate of drug-likeness (QED) is 0.731. The topological polar surface area (TPSA) is 79.3 Å². The van der Waals surface area contributed by atoms with Crippen molar-refractivity contribution in [3.05, 3.63) is 30.1 Å². The molecule has 0 radical (unpaired) electrons. The van der Waals surface area contributed by atoms with Gasteiger partial charge in [0.05, 0.1) is 12.0 Å². The highest BCUT2D eigenvalue weighted by molar-refractivity contribution is 5.87. The molecule has 0 aliphatic carbocycles. The number of carboxylic acid groups (broad SMARTS) is 1. The molecule has 1 aliphatic heterocycles. The van der Waals surface area contributed by atoms with E-state index in [2.05, 4.69) is 10.3 Å². The molecule has 5 nitrogen and oxygen atoms in total. The van der Waals surface area contributed by atoms with Gasteiger partial charge in [0.2, 0.25) is 5.91 Å². The number of carbonyl (C=O) groups excluding carboxylic acids is 1. The van der Waals surface area contributed by atoms with Gasteiger partial charge in [0.25, 0.3) is 0 Å². The third-order valence-electron chi connectivity index (χ3n) is 2.51.